The molecule has 4 nitrogen and oxygen atoms in total. The predicted octanol–water partition coefficient (Wildman–Crippen LogP) is 4.91. The molecule has 1 N–H and O–H groups in total. The van der Waals surface area contributed by atoms with E-state index >= 15 is 0 Å². The first-order chi connectivity index (χ1) is 11.7. The number of unbranched alkanes of at least 4 members (excludes halogenated alkanes) is 3. The Balaban J connectivity index is 1.85. The molecule has 0 atom stereocenters. The van der Waals surface area contributed by atoms with Crippen LogP contribution in [-0.2, 0) is 0 Å². The summed E-state index contributed by atoms with van der Waals surface area (Å²) in [6.45, 7) is 2.93. The summed E-state index contributed by atoms with van der Waals surface area (Å²) in [4.78, 5) is 12.2. The number of rotatable bonds is 9. The quantitative estimate of drug-likeness (QED) is 0.666. The van der Waals surface area contributed by atoms with Crippen LogP contribution in [0.5, 0.6) is 11.5 Å². The fourth-order valence-corrected chi connectivity index (χ4v) is 2.32. The molecule has 2 aromatic carbocycles. The molecule has 4 heteroatoms. The molecule has 0 radical (unpaired) electrons. The molecule has 0 bridgehead atoms. The fraction of sp³-hybridized carbons (Fsp3) is 0.350. The van der Waals surface area contributed by atoms with Crippen LogP contribution in [0, 0.1) is 0 Å². The van der Waals surface area contributed by atoms with Crippen molar-refractivity contribution in [2.75, 3.05) is 19.0 Å². The maximum atomic E-state index is 12.2. The highest BCUT2D eigenvalue weighted by Crippen LogP contribution is 2.18. The third-order valence-electron chi connectivity index (χ3n) is 3.71. The van der Waals surface area contributed by atoms with Crippen molar-refractivity contribution in [3.63, 3.8) is 0 Å². The molecule has 1 amide bonds. The van der Waals surface area contributed by atoms with E-state index in [9.17, 15) is 4.79 Å². The predicted molar refractivity (Wildman–Crippen MR) is 97.0 cm³/mol. The summed E-state index contributed by atoms with van der Waals surface area (Å²) in [5.74, 6) is 1.32. The van der Waals surface area contributed by atoms with E-state index in [0.29, 0.717) is 11.3 Å². The van der Waals surface area contributed by atoms with E-state index in [2.05, 4.69) is 12.2 Å². The number of anilines is 1. The summed E-state index contributed by atoms with van der Waals surface area (Å²) in [5, 5.41) is 2.87. The summed E-state index contributed by atoms with van der Waals surface area (Å²) < 4.78 is 10.8. The van der Waals surface area contributed by atoms with Crippen molar-refractivity contribution in [2.24, 2.45) is 0 Å². The van der Waals surface area contributed by atoms with Crippen molar-refractivity contribution in [1.29, 1.82) is 0 Å². The zero-order chi connectivity index (χ0) is 17.2. The van der Waals surface area contributed by atoms with Crippen LogP contribution in [0.3, 0.4) is 0 Å². The number of benzene rings is 2. The monoisotopic (exact) mass is 327 g/mol. The Morgan fingerprint density at radius 1 is 1.00 bits per heavy atom. The number of methoxy groups -OCH3 is 1. The molecule has 0 aromatic heterocycles. The molecule has 0 unspecified atom stereocenters. The minimum absolute atomic E-state index is 0.165. The number of hydrogen-bond acceptors (Lipinski definition) is 3. The van der Waals surface area contributed by atoms with Crippen LogP contribution in [0.4, 0.5) is 5.69 Å². The van der Waals surface area contributed by atoms with E-state index in [1.54, 1.807) is 25.3 Å². The molecule has 2 rings (SSSR count). The highest BCUT2D eigenvalue weighted by Gasteiger charge is 2.07. The van der Waals surface area contributed by atoms with Gasteiger partial charge in [0.25, 0.3) is 5.91 Å². The molecule has 0 aliphatic heterocycles. The van der Waals surface area contributed by atoms with Crippen molar-refractivity contribution in [3.05, 3.63) is 54.1 Å². The average Bonchev–Trinajstić information content (AvgIpc) is 2.63. The van der Waals surface area contributed by atoms with Crippen molar-refractivity contribution in [2.45, 2.75) is 32.6 Å². The first-order valence-corrected chi connectivity index (χ1v) is 8.41. The van der Waals surface area contributed by atoms with Gasteiger partial charge in [0, 0.05) is 11.3 Å². The highest BCUT2D eigenvalue weighted by atomic mass is 16.5. The highest BCUT2D eigenvalue weighted by molar-refractivity contribution is 6.04. The third kappa shape index (κ3) is 5.61. The van der Waals surface area contributed by atoms with Crippen LogP contribution in [0.15, 0.2) is 48.5 Å². The minimum Gasteiger partial charge on any atom is -0.497 e. The topological polar surface area (TPSA) is 47.6 Å². The molecule has 0 saturated heterocycles. The molecule has 0 aliphatic carbocycles. The number of ether oxygens (including phenoxy) is 2. The SMILES string of the molecule is CCCCCCOc1ccc(NC(=O)c2cccc(OC)c2)cc1. The lowest BCUT2D eigenvalue weighted by atomic mass is 10.2. The first kappa shape index (κ1) is 17.9. The Bertz CT molecular complexity index is 638. The van der Waals surface area contributed by atoms with Crippen LogP contribution >= 0.6 is 0 Å². The van der Waals surface area contributed by atoms with E-state index in [4.69, 9.17) is 9.47 Å². The normalized spacial score (nSPS) is 10.2. The van der Waals surface area contributed by atoms with E-state index in [0.717, 1.165) is 24.5 Å². The van der Waals surface area contributed by atoms with Crippen LogP contribution in [0.2, 0.25) is 0 Å². The summed E-state index contributed by atoms with van der Waals surface area (Å²) in [7, 11) is 1.58. The summed E-state index contributed by atoms with van der Waals surface area (Å²) in [6, 6.07) is 14.5. The van der Waals surface area contributed by atoms with Gasteiger partial charge in [-0.3, -0.25) is 4.79 Å². The van der Waals surface area contributed by atoms with Gasteiger partial charge in [0.1, 0.15) is 11.5 Å². The minimum atomic E-state index is -0.165. The Morgan fingerprint density at radius 3 is 2.50 bits per heavy atom. The summed E-state index contributed by atoms with van der Waals surface area (Å²) in [6.07, 6.45) is 4.74. The van der Waals surface area contributed by atoms with Crippen molar-refractivity contribution < 1.29 is 14.3 Å². The summed E-state index contributed by atoms with van der Waals surface area (Å²) in [5.41, 5.74) is 1.30. The smallest absolute Gasteiger partial charge is 0.255 e. The van der Waals surface area contributed by atoms with Crippen molar-refractivity contribution >= 4 is 11.6 Å². The maximum Gasteiger partial charge on any atom is 0.255 e. The second-order valence-corrected chi connectivity index (χ2v) is 5.62. The van der Waals surface area contributed by atoms with E-state index < -0.39 is 0 Å². The van der Waals surface area contributed by atoms with E-state index in [-0.39, 0.29) is 5.91 Å². The standard InChI is InChI=1S/C20H25NO3/c1-3-4-5-6-14-24-18-12-10-17(11-13-18)21-20(22)16-8-7-9-19(15-16)23-2/h7-13,15H,3-6,14H2,1-2H3,(H,21,22). The van der Waals surface area contributed by atoms with Gasteiger partial charge in [0.2, 0.25) is 0 Å². The second kappa shape index (κ2) is 9.60. The van der Waals surface area contributed by atoms with Crippen molar-refractivity contribution in [3.8, 4) is 11.5 Å². The molecule has 0 heterocycles. The summed E-state index contributed by atoms with van der Waals surface area (Å²) >= 11 is 0. The average molecular weight is 327 g/mol. The Kier molecular flexibility index (Phi) is 7.15. The van der Waals surface area contributed by atoms with Gasteiger partial charge in [-0.15, -0.1) is 0 Å². The van der Waals surface area contributed by atoms with E-state index in [1.165, 1.54) is 19.3 Å². The fourth-order valence-electron chi connectivity index (χ4n) is 2.32. The number of amides is 1. The molecule has 0 fully saturated rings. The lowest BCUT2D eigenvalue weighted by Crippen LogP contribution is -2.11. The Morgan fingerprint density at radius 2 is 1.79 bits per heavy atom. The molecular weight excluding hydrogens is 302 g/mol. The first-order valence-electron chi connectivity index (χ1n) is 8.41. The molecule has 0 spiro atoms. The zero-order valence-corrected chi connectivity index (χ0v) is 14.4. The van der Waals surface area contributed by atoms with Gasteiger partial charge in [0.05, 0.1) is 13.7 Å². The van der Waals surface area contributed by atoms with Crippen LogP contribution in [-0.4, -0.2) is 19.6 Å². The van der Waals surface area contributed by atoms with Crippen LogP contribution in [0.1, 0.15) is 43.0 Å². The van der Waals surface area contributed by atoms with Crippen LogP contribution < -0.4 is 14.8 Å². The zero-order valence-electron chi connectivity index (χ0n) is 14.4. The maximum absolute atomic E-state index is 12.2. The lowest BCUT2D eigenvalue weighted by molar-refractivity contribution is 0.102. The van der Waals surface area contributed by atoms with E-state index in [1.807, 2.05) is 30.3 Å². The van der Waals surface area contributed by atoms with Gasteiger partial charge < -0.3 is 14.8 Å². The third-order valence-corrected chi connectivity index (χ3v) is 3.71. The van der Waals surface area contributed by atoms with Gasteiger partial charge in [-0.05, 0) is 48.9 Å². The van der Waals surface area contributed by atoms with Crippen molar-refractivity contribution in [1.82, 2.24) is 0 Å². The molecule has 2 aromatic rings. The Labute approximate surface area is 143 Å². The van der Waals surface area contributed by atoms with Gasteiger partial charge in [-0.25, -0.2) is 0 Å². The molecule has 0 aliphatic rings. The largest absolute Gasteiger partial charge is 0.497 e. The lowest BCUT2D eigenvalue weighted by Gasteiger charge is -2.09. The molecule has 128 valence electrons. The second-order valence-electron chi connectivity index (χ2n) is 5.62. The Hall–Kier alpha value is -2.49. The van der Waals surface area contributed by atoms with Gasteiger partial charge in [-0.2, -0.15) is 0 Å². The number of nitrogens with one attached hydrogen (secondary N) is 1. The van der Waals surface area contributed by atoms with Gasteiger partial charge >= 0.3 is 0 Å². The molecule has 0 saturated carbocycles. The van der Waals surface area contributed by atoms with Gasteiger partial charge in [0.15, 0.2) is 0 Å². The molecular formula is C20H25NO3. The van der Waals surface area contributed by atoms with Gasteiger partial charge in [-0.1, -0.05) is 32.3 Å². The number of carbonyl (C=O) groups excluding carboxylic acids is 1. The number of carbonyl (C=O) groups is 1. The number of hydrogen-bond donors (Lipinski definition) is 1. The van der Waals surface area contributed by atoms with Crippen LogP contribution in [0.25, 0.3) is 0 Å². The molecule has 24 heavy (non-hydrogen) atoms.